The molecule has 0 radical (unpaired) electrons. The molecule has 0 aromatic rings. The Morgan fingerprint density at radius 3 is 2.56 bits per heavy atom. The number of carbonyl (C=O) groups is 1. The van der Waals surface area contributed by atoms with Gasteiger partial charge in [0.1, 0.15) is 6.04 Å². The van der Waals surface area contributed by atoms with Gasteiger partial charge in [0, 0.05) is 19.7 Å². The number of rotatable bonds is 8. The average molecular weight is 256 g/mol. The van der Waals surface area contributed by atoms with E-state index >= 15 is 0 Å². The van der Waals surface area contributed by atoms with E-state index in [2.05, 4.69) is 6.92 Å². The van der Waals surface area contributed by atoms with Crippen LogP contribution < -0.4 is 5.73 Å². The van der Waals surface area contributed by atoms with Crippen molar-refractivity contribution in [3.63, 3.8) is 0 Å². The molecule has 1 unspecified atom stereocenters. The highest BCUT2D eigenvalue weighted by atomic mass is 16.5. The van der Waals surface area contributed by atoms with Gasteiger partial charge in [-0.2, -0.15) is 0 Å². The second-order valence-electron chi connectivity index (χ2n) is 5.19. The fourth-order valence-electron chi connectivity index (χ4n) is 2.25. The monoisotopic (exact) mass is 256 g/mol. The summed E-state index contributed by atoms with van der Waals surface area (Å²) in [6, 6.07) is -0.505. The quantitative estimate of drug-likeness (QED) is 0.675. The molecule has 4 heteroatoms. The van der Waals surface area contributed by atoms with Crippen LogP contribution in [0.25, 0.3) is 0 Å². The van der Waals surface area contributed by atoms with E-state index in [1.807, 2.05) is 11.8 Å². The molecule has 2 N–H and O–H groups in total. The molecule has 0 saturated carbocycles. The van der Waals surface area contributed by atoms with Crippen LogP contribution in [0, 0.1) is 0 Å². The Kier molecular flexibility index (Phi) is 7.28. The van der Waals surface area contributed by atoms with E-state index in [-0.39, 0.29) is 12.0 Å². The molecular formula is C14H28N2O2. The van der Waals surface area contributed by atoms with Gasteiger partial charge in [-0.05, 0) is 26.2 Å². The van der Waals surface area contributed by atoms with Crippen molar-refractivity contribution in [1.29, 1.82) is 0 Å². The van der Waals surface area contributed by atoms with Crippen LogP contribution in [0.3, 0.4) is 0 Å². The zero-order valence-electron chi connectivity index (χ0n) is 11.9. The molecule has 0 spiro atoms. The Labute approximate surface area is 111 Å². The minimum atomic E-state index is -0.505. The smallest absolute Gasteiger partial charge is 0.242 e. The number of ether oxygens (including phenoxy) is 1. The largest absolute Gasteiger partial charge is 0.376 e. The second-order valence-corrected chi connectivity index (χ2v) is 5.19. The molecule has 0 bridgehead atoms. The minimum absolute atomic E-state index is 0.0496. The highest BCUT2D eigenvalue weighted by Gasteiger charge is 2.27. The van der Waals surface area contributed by atoms with Crippen LogP contribution in [0.2, 0.25) is 0 Å². The summed E-state index contributed by atoms with van der Waals surface area (Å²) >= 11 is 0. The predicted molar refractivity (Wildman–Crippen MR) is 73.3 cm³/mol. The molecule has 18 heavy (non-hydrogen) atoms. The third-order valence-corrected chi connectivity index (χ3v) is 3.59. The average Bonchev–Trinajstić information content (AvgIpc) is 2.90. The summed E-state index contributed by atoms with van der Waals surface area (Å²) in [5.74, 6) is 0.0496. The molecule has 1 aliphatic heterocycles. The molecule has 0 aromatic carbocycles. The van der Waals surface area contributed by atoms with Gasteiger partial charge in [0.15, 0.2) is 0 Å². The van der Waals surface area contributed by atoms with E-state index in [4.69, 9.17) is 10.5 Å². The van der Waals surface area contributed by atoms with Crippen LogP contribution in [-0.4, -0.2) is 42.6 Å². The molecule has 1 rings (SSSR count). The first-order valence-electron chi connectivity index (χ1n) is 7.32. The number of likely N-dealkylation sites (tertiary alicyclic amines) is 1. The van der Waals surface area contributed by atoms with Crippen LogP contribution in [0.4, 0.5) is 0 Å². The van der Waals surface area contributed by atoms with Crippen molar-refractivity contribution in [1.82, 2.24) is 4.90 Å². The number of hydrogen-bond donors (Lipinski definition) is 1. The molecule has 2 atom stereocenters. The molecule has 1 fully saturated rings. The third-order valence-electron chi connectivity index (χ3n) is 3.59. The Morgan fingerprint density at radius 1 is 1.28 bits per heavy atom. The molecule has 4 nitrogen and oxygen atoms in total. The second kappa shape index (κ2) is 8.48. The van der Waals surface area contributed by atoms with Crippen molar-refractivity contribution in [3.8, 4) is 0 Å². The number of nitrogens with two attached hydrogens (primary N) is 1. The van der Waals surface area contributed by atoms with Gasteiger partial charge < -0.3 is 15.4 Å². The maximum atomic E-state index is 12.0. The van der Waals surface area contributed by atoms with E-state index in [0.29, 0.717) is 6.61 Å². The molecule has 1 aliphatic rings. The first-order chi connectivity index (χ1) is 8.66. The van der Waals surface area contributed by atoms with Gasteiger partial charge in [-0.3, -0.25) is 4.79 Å². The van der Waals surface area contributed by atoms with Crippen molar-refractivity contribution in [2.75, 3.05) is 19.7 Å². The highest BCUT2D eigenvalue weighted by molar-refractivity contribution is 5.82. The van der Waals surface area contributed by atoms with Gasteiger partial charge in [-0.25, -0.2) is 0 Å². The van der Waals surface area contributed by atoms with Gasteiger partial charge in [0.2, 0.25) is 5.91 Å². The Bertz CT molecular complexity index is 240. The fourth-order valence-corrected chi connectivity index (χ4v) is 2.25. The van der Waals surface area contributed by atoms with E-state index in [1.54, 1.807) is 0 Å². The molecule has 0 aliphatic carbocycles. The number of hydrogen-bond acceptors (Lipinski definition) is 3. The van der Waals surface area contributed by atoms with E-state index in [0.717, 1.165) is 32.4 Å². The van der Waals surface area contributed by atoms with E-state index in [1.165, 1.54) is 19.3 Å². The summed E-state index contributed by atoms with van der Waals surface area (Å²) < 4.78 is 5.66. The lowest BCUT2D eigenvalue weighted by Crippen LogP contribution is -2.49. The summed E-state index contributed by atoms with van der Waals surface area (Å²) in [5.41, 5.74) is 5.97. The summed E-state index contributed by atoms with van der Waals surface area (Å²) in [4.78, 5) is 13.9. The van der Waals surface area contributed by atoms with Crippen molar-refractivity contribution in [2.24, 2.45) is 5.73 Å². The van der Waals surface area contributed by atoms with Gasteiger partial charge in [0.25, 0.3) is 0 Å². The highest BCUT2D eigenvalue weighted by Crippen LogP contribution is 2.11. The lowest BCUT2D eigenvalue weighted by molar-refractivity contribution is -0.134. The Balaban J connectivity index is 2.18. The van der Waals surface area contributed by atoms with Crippen LogP contribution in [-0.2, 0) is 9.53 Å². The minimum Gasteiger partial charge on any atom is -0.376 e. The summed E-state index contributed by atoms with van der Waals surface area (Å²) in [6.45, 7) is 6.51. The number of unbranched alkanes of at least 4 members (excludes halogenated alkanes) is 3. The van der Waals surface area contributed by atoms with Gasteiger partial charge in [-0.1, -0.05) is 26.2 Å². The van der Waals surface area contributed by atoms with Gasteiger partial charge >= 0.3 is 0 Å². The van der Waals surface area contributed by atoms with Gasteiger partial charge in [-0.15, -0.1) is 0 Å². The van der Waals surface area contributed by atoms with Crippen molar-refractivity contribution >= 4 is 5.91 Å². The molecule has 1 saturated heterocycles. The zero-order chi connectivity index (χ0) is 13.4. The third kappa shape index (κ3) is 4.94. The van der Waals surface area contributed by atoms with Crippen LogP contribution in [0.15, 0.2) is 0 Å². The number of carbonyl (C=O) groups excluding carboxylic acids is 1. The fraction of sp³-hybridized carbons (Fsp3) is 0.929. The molecule has 1 amide bonds. The number of amides is 1. The predicted octanol–water partition coefficient (Wildman–Crippen LogP) is 1.92. The molecule has 0 aromatic heterocycles. The summed E-state index contributed by atoms with van der Waals surface area (Å²) in [6.07, 6.45) is 6.75. The molecule has 106 valence electrons. The zero-order valence-corrected chi connectivity index (χ0v) is 11.9. The maximum Gasteiger partial charge on any atom is 0.242 e. The lowest BCUT2D eigenvalue weighted by Gasteiger charge is -2.24. The van der Waals surface area contributed by atoms with Gasteiger partial charge in [0.05, 0.1) is 6.10 Å². The normalized spacial score (nSPS) is 18.9. The lowest BCUT2D eigenvalue weighted by atomic mass is 10.1. The summed E-state index contributed by atoms with van der Waals surface area (Å²) in [7, 11) is 0. The van der Waals surface area contributed by atoms with E-state index in [9.17, 15) is 4.79 Å². The van der Waals surface area contributed by atoms with Crippen molar-refractivity contribution in [3.05, 3.63) is 0 Å². The van der Waals surface area contributed by atoms with Crippen LogP contribution >= 0.6 is 0 Å². The number of nitrogens with zero attached hydrogens (tertiary/aromatic N) is 1. The standard InChI is InChI=1S/C14H28N2O2/c1-3-4-5-8-11-18-12(2)13(15)14(17)16-9-6-7-10-16/h12-13H,3-11,15H2,1-2H3/t12?,13-/m0/s1. The first kappa shape index (κ1) is 15.4. The molecule has 1 heterocycles. The summed E-state index contributed by atoms with van der Waals surface area (Å²) in [5, 5.41) is 0. The topological polar surface area (TPSA) is 55.6 Å². The van der Waals surface area contributed by atoms with Crippen LogP contribution in [0.1, 0.15) is 52.4 Å². The van der Waals surface area contributed by atoms with Crippen molar-refractivity contribution in [2.45, 2.75) is 64.5 Å². The van der Waals surface area contributed by atoms with E-state index < -0.39 is 6.04 Å². The maximum absolute atomic E-state index is 12.0. The van der Waals surface area contributed by atoms with Crippen LogP contribution in [0.5, 0.6) is 0 Å². The molecular weight excluding hydrogens is 228 g/mol. The Morgan fingerprint density at radius 2 is 1.94 bits per heavy atom. The Hall–Kier alpha value is -0.610. The first-order valence-corrected chi connectivity index (χ1v) is 7.32. The SMILES string of the molecule is CCCCCCOC(C)[C@H](N)C(=O)N1CCCC1. The van der Waals surface area contributed by atoms with Crippen molar-refractivity contribution < 1.29 is 9.53 Å².